The van der Waals surface area contributed by atoms with Crippen LogP contribution in [0.3, 0.4) is 0 Å². The number of nitrogens with zero attached hydrogens (tertiary/aromatic N) is 4. The maximum atomic E-state index is 14.5. The summed E-state index contributed by atoms with van der Waals surface area (Å²) in [6, 6.07) is 0. The first kappa shape index (κ1) is 28.2. The smallest absolute Gasteiger partial charge is 0.310 e. The fourth-order valence-electron chi connectivity index (χ4n) is 4.57. The van der Waals surface area contributed by atoms with E-state index in [0.717, 1.165) is 0 Å². The summed E-state index contributed by atoms with van der Waals surface area (Å²) in [5.74, 6) is -3.43. The molecule has 5 atom stereocenters. The number of hydrogen-bond donors (Lipinski definition) is 3. The number of fused-ring (bicyclic) bond motifs is 1. The lowest BCUT2D eigenvalue weighted by molar-refractivity contribution is -0.153. The Morgan fingerprint density at radius 2 is 2.03 bits per heavy atom. The molecule has 0 radical (unpaired) electrons. The number of halogens is 1. The topological polar surface area (TPSA) is 158 Å². The van der Waals surface area contributed by atoms with E-state index in [1.54, 1.807) is 17.9 Å². The molecule has 3 heterocycles. The standard InChI is InChI=1S/C24H35FN6O6/c1-12(2)6-18(33)28-24-29-21(26-5)20-22(30-24)31(11-27-20)19-8-15(9-37-19)7-16(13(3)25)17(23(34)35)10-36-14(4)32/h11-13,15-17,19H,6-10H2,1-5H3,(H,34,35)(H2,26,28,29,30,33)/t13-,15?,16+,17+,19-/m1/s1. The quantitative estimate of drug-likeness (QED) is 0.354. The number of amides is 1. The third-order valence-corrected chi connectivity index (χ3v) is 6.37. The number of hydrogen-bond acceptors (Lipinski definition) is 9. The van der Waals surface area contributed by atoms with Crippen LogP contribution in [0.5, 0.6) is 0 Å². The van der Waals surface area contributed by atoms with Crippen molar-refractivity contribution in [1.82, 2.24) is 19.5 Å². The molecular weight excluding hydrogens is 487 g/mol. The van der Waals surface area contributed by atoms with Crippen LogP contribution in [0.2, 0.25) is 0 Å². The molecule has 1 saturated heterocycles. The summed E-state index contributed by atoms with van der Waals surface area (Å²) in [4.78, 5) is 48.5. The minimum Gasteiger partial charge on any atom is -0.481 e. The van der Waals surface area contributed by atoms with Crippen molar-refractivity contribution in [2.75, 3.05) is 30.9 Å². The third kappa shape index (κ3) is 7.12. The van der Waals surface area contributed by atoms with Gasteiger partial charge in [-0.3, -0.25) is 24.3 Å². The number of carbonyl (C=O) groups is 3. The Labute approximate surface area is 214 Å². The lowest BCUT2D eigenvalue weighted by Crippen LogP contribution is -2.35. The molecule has 0 bridgehead atoms. The molecule has 0 spiro atoms. The first-order valence-corrected chi connectivity index (χ1v) is 12.3. The second kappa shape index (κ2) is 12.3. The normalized spacial score (nSPS) is 20.0. The molecule has 1 aliphatic rings. The average Bonchev–Trinajstić information content (AvgIpc) is 3.43. The summed E-state index contributed by atoms with van der Waals surface area (Å²) in [6.45, 7) is 6.28. The number of carboxylic acids is 1. The number of carboxylic acid groups (broad SMARTS) is 1. The number of esters is 1. The molecule has 2 aromatic heterocycles. The Hall–Kier alpha value is -3.35. The molecule has 37 heavy (non-hydrogen) atoms. The van der Waals surface area contributed by atoms with Crippen LogP contribution in [0.25, 0.3) is 11.2 Å². The van der Waals surface area contributed by atoms with Crippen molar-refractivity contribution in [3.05, 3.63) is 6.33 Å². The summed E-state index contributed by atoms with van der Waals surface area (Å²) in [5.41, 5.74) is 0.956. The van der Waals surface area contributed by atoms with Crippen LogP contribution < -0.4 is 10.6 Å². The van der Waals surface area contributed by atoms with Crippen LogP contribution in [0.1, 0.15) is 53.2 Å². The molecule has 13 heteroatoms. The van der Waals surface area contributed by atoms with Crippen LogP contribution in [0, 0.1) is 23.7 Å². The van der Waals surface area contributed by atoms with Gasteiger partial charge in [-0.2, -0.15) is 9.97 Å². The van der Waals surface area contributed by atoms with Gasteiger partial charge in [-0.15, -0.1) is 0 Å². The lowest BCUT2D eigenvalue weighted by atomic mass is 9.81. The van der Waals surface area contributed by atoms with E-state index in [-0.39, 0.29) is 43.3 Å². The first-order valence-electron chi connectivity index (χ1n) is 12.3. The second-order valence-corrected chi connectivity index (χ2v) is 9.83. The number of aliphatic carboxylic acids is 1. The number of imidazole rings is 1. The van der Waals surface area contributed by atoms with Gasteiger partial charge in [0.1, 0.15) is 19.0 Å². The van der Waals surface area contributed by atoms with Crippen molar-refractivity contribution in [3.63, 3.8) is 0 Å². The zero-order valence-electron chi connectivity index (χ0n) is 21.7. The minimum absolute atomic E-state index is 0.138. The number of ether oxygens (including phenoxy) is 2. The third-order valence-electron chi connectivity index (χ3n) is 6.37. The van der Waals surface area contributed by atoms with E-state index >= 15 is 0 Å². The molecule has 1 unspecified atom stereocenters. The monoisotopic (exact) mass is 522 g/mol. The van der Waals surface area contributed by atoms with Crippen molar-refractivity contribution in [3.8, 4) is 0 Å². The van der Waals surface area contributed by atoms with E-state index in [0.29, 0.717) is 29.8 Å². The van der Waals surface area contributed by atoms with Gasteiger partial charge < -0.3 is 19.9 Å². The van der Waals surface area contributed by atoms with Crippen molar-refractivity contribution < 1.29 is 33.4 Å². The zero-order chi connectivity index (χ0) is 27.3. The molecule has 3 rings (SSSR count). The highest BCUT2D eigenvalue weighted by Crippen LogP contribution is 2.37. The van der Waals surface area contributed by atoms with E-state index in [9.17, 15) is 23.9 Å². The number of aromatic nitrogens is 4. The highest BCUT2D eigenvalue weighted by atomic mass is 19.1. The molecule has 0 saturated carbocycles. The lowest BCUT2D eigenvalue weighted by Gasteiger charge is -2.27. The van der Waals surface area contributed by atoms with Gasteiger partial charge in [-0.25, -0.2) is 9.37 Å². The van der Waals surface area contributed by atoms with Crippen LogP contribution in [0.15, 0.2) is 6.33 Å². The van der Waals surface area contributed by atoms with Gasteiger partial charge in [-0.1, -0.05) is 13.8 Å². The van der Waals surface area contributed by atoms with Crippen LogP contribution in [0.4, 0.5) is 16.2 Å². The number of rotatable bonds is 12. The Bertz CT molecular complexity index is 1120. The zero-order valence-corrected chi connectivity index (χ0v) is 21.7. The highest BCUT2D eigenvalue weighted by molar-refractivity contribution is 5.91. The van der Waals surface area contributed by atoms with Crippen molar-refractivity contribution in [2.24, 2.45) is 23.7 Å². The minimum atomic E-state index is -1.42. The summed E-state index contributed by atoms with van der Waals surface area (Å²) in [6.07, 6.45) is 0.720. The van der Waals surface area contributed by atoms with E-state index in [2.05, 4.69) is 25.6 Å². The van der Waals surface area contributed by atoms with E-state index < -0.39 is 36.2 Å². The Morgan fingerprint density at radius 3 is 2.62 bits per heavy atom. The van der Waals surface area contributed by atoms with Gasteiger partial charge in [-0.05, 0) is 31.6 Å². The summed E-state index contributed by atoms with van der Waals surface area (Å²) in [5, 5.41) is 15.3. The van der Waals surface area contributed by atoms with E-state index in [4.69, 9.17) is 9.47 Å². The molecular formula is C24H35FN6O6. The number of alkyl halides is 1. The van der Waals surface area contributed by atoms with Gasteiger partial charge in [0.05, 0.1) is 18.9 Å². The molecule has 1 fully saturated rings. The SMILES string of the molecule is CNc1nc(NC(=O)CC(C)C)nc2c1ncn2[C@H]1CC(C[C@H]([C@H](COC(C)=O)C(=O)O)[C@@H](C)F)CO1. The number of carbonyl (C=O) groups excluding carboxylic acids is 2. The molecule has 204 valence electrons. The fraction of sp³-hybridized carbons (Fsp3) is 0.667. The summed E-state index contributed by atoms with van der Waals surface area (Å²) in [7, 11) is 1.69. The second-order valence-electron chi connectivity index (χ2n) is 9.83. The van der Waals surface area contributed by atoms with Gasteiger partial charge in [0, 0.05) is 26.3 Å². The van der Waals surface area contributed by atoms with Crippen LogP contribution in [-0.4, -0.2) is 68.9 Å². The predicted molar refractivity (Wildman–Crippen MR) is 132 cm³/mol. The Morgan fingerprint density at radius 1 is 1.30 bits per heavy atom. The van der Waals surface area contributed by atoms with Crippen molar-refractivity contribution in [2.45, 2.75) is 59.4 Å². The van der Waals surface area contributed by atoms with Crippen molar-refractivity contribution >= 4 is 40.8 Å². The van der Waals surface area contributed by atoms with Gasteiger partial charge in [0.25, 0.3) is 0 Å². The largest absolute Gasteiger partial charge is 0.481 e. The Balaban J connectivity index is 1.79. The van der Waals surface area contributed by atoms with E-state index in [1.807, 2.05) is 13.8 Å². The maximum absolute atomic E-state index is 14.5. The summed E-state index contributed by atoms with van der Waals surface area (Å²) >= 11 is 0. The summed E-state index contributed by atoms with van der Waals surface area (Å²) < 4.78 is 27.1. The predicted octanol–water partition coefficient (Wildman–Crippen LogP) is 3.02. The molecule has 0 aromatic carbocycles. The Kier molecular flexibility index (Phi) is 9.35. The van der Waals surface area contributed by atoms with Gasteiger partial charge in [0.15, 0.2) is 17.0 Å². The molecule has 2 aromatic rings. The number of nitrogens with one attached hydrogen (secondary N) is 2. The number of anilines is 2. The maximum Gasteiger partial charge on any atom is 0.310 e. The fourth-order valence-corrected chi connectivity index (χ4v) is 4.57. The van der Waals surface area contributed by atoms with E-state index in [1.165, 1.54) is 13.8 Å². The first-order chi connectivity index (χ1) is 17.5. The molecule has 12 nitrogen and oxygen atoms in total. The van der Waals surface area contributed by atoms with Crippen molar-refractivity contribution in [1.29, 1.82) is 0 Å². The van der Waals surface area contributed by atoms with Crippen LogP contribution in [-0.2, 0) is 23.9 Å². The molecule has 1 aliphatic heterocycles. The van der Waals surface area contributed by atoms with Crippen LogP contribution >= 0.6 is 0 Å². The highest BCUT2D eigenvalue weighted by Gasteiger charge is 2.38. The van der Waals surface area contributed by atoms with Gasteiger partial charge >= 0.3 is 11.9 Å². The van der Waals surface area contributed by atoms with Gasteiger partial charge in [0.2, 0.25) is 11.9 Å². The molecule has 3 N–H and O–H groups in total. The molecule has 1 amide bonds. The molecule has 0 aliphatic carbocycles. The average molecular weight is 523 g/mol.